The molecule has 0 N–H and O–H groups in total. The first kappa shape index (κ1) is 44.9. The first-order chi connectivity index (χ1) is 35.8. The van der Waals surface area contributed by atoms with Crippen molar-refractivity contribution in [1.82, 2.24) is 15.0 Å². The Morgan fingerprint density at radius 2 is 0.767 bits per heavy atom. The van der Waals surface area contributed by atoms with E-state index in [-0.39, 0.29) is 5.41 Å². The van der Waals surface area contributed by atoms with Gasteiger partial charge >= 0.3 is 0 Å². The Morgan fingerprint density at radius 3 is 1.18 bits per heavy atom. The molecule has 0 saturated heterocycles. The summed E-state index contributed by atoms with van der Waals surface area (Å²) >= 11 is 0. The summed E-state index contributed by atoms with van der Waals surface area (Å²) in [5, 5.41) is 5.79. The zero-order chi connectivity index (χ0) is 49.1. The summed E-state index contributed by atoms with van der Waals surface area (Å²) in [7, 11) is -2.38. The van der Waals surface area contributed by atoms with Crippen molar-refractivity contribution in [2.45, 2.75) is 31.1 Å². The van der Waals surface area contributed by atoms with Gasteiger partial charge in [-0.3, -0.25) is 0 Å². The standard InChI is InChI=1S/C68H54N3OP/c1-73(2,72)58-39-32-49(33-40-58)64-61-25-11-9-23-59(61)63(60-24-10-12-26-62(60)64)48-28-35-55(36-29-48)68(44-45-27-34-57(68)41-45)56-37-30-50(31-38-56)65-69-66(53-21-13-19-51(42-53)46-15-5-3-6-16-46)71-67(70-65)54-22-14-20-52(43-54)47-17-7-4-8-18-47/h3-26,28-33,35-40,42-43,45,57H,27,34,41,44H2,1-2H3. The topological polar surface area (TPSA) is 55.7 Å². The third kappa shape index (κ3) is 8.11. The van der Waals surface area contributed by atoms with Crippen LogP contribution in [0, 0.1) is 11.8 Å². The van der Waals surface area contributed by atoms with Gasteiger partial charge < -0.3 is 4.57 Å². The molecular formula is C68H54N3OP. The minimum atomic E-state index is -2.38. The van der Waals surface area contributed by atoms with Gasteiger partial charge in [-0.1, -0.05) is 225 Å². The van der Waals surface area contributed by atoms with Gasteiger partial charge in [0.05, 0.1) is 0 Å². The SMILES string of the molecule is CP(C)(=O)c1ccc(-c2c3ccccc3c(-c3ccc(C4(c5ccc(-c6nc(-c7cccc(-c8ccccc8)c7)nc(-c7cccc(-c8ccccc8)c7)n6)cc5)CC5CCC4C5)cc3)c3ccccc23)cc1. The summed E-state index contributed by atoms with van der Waals surface area (Å²) in [6.45, 7) is 3.68. The third-order valence-corrected chi connectivity index (χ3v) is 17.5. The summed E-state index contributed by atoms with van der Waals surface area (Å²) in [5.41, 5.74) is 14.9. The molecule has 2 bridgehead atoms. The van der Waals surface area contributed by atoms with Crippen molar-refractivity contribution in [1.29, 1.82) is 0 Å². The zero-order valence-electron chi connectivity index (χ0n) is 41.1. The molecule has 0 aliphatic heterocycles. The molecular weight excluding hydrogens is 906 g/mol. The molecule has 3 atom stereocenters. The van der Waals surface area contributed by atoms with Gasteiger partial charge in [0.15, 0.2) is 17.5 Å². The van der Waals surface area contributed by atoms with E-state index in [1.807, 2.05) is 37.6 Å². The predicted octanol–water partition coefficient (Wildman–Crippen LogP) is 17.2. The molecule has 10 aromatic carbocycles. The molecule has 0 radical (unpaired) electrons. The number of nitrogens with zero attached hydrogens (tertiary/aromatic N) is 3. The summed E-state index contributed by atoms with van der Waals surface area (Å²) in [6, 6.07) is 82.9. The molecule has 3 unspecified atom stereocenters. The van der Waals surface area contributed by atoms with Crippen molar-refractivity contribution in [3.63, 3.8) is 0 Å². The molecule has 352 valence electrons. The lowest BCUT2D eigenvalue weighted by molar-refractivity contribution is 0.320. The number of fused-ring (bicyclic) bond motifs is 4. The number of rotatable bonds is 10. The first-order valence-electron chi connectivity index (χ1n) is 25.7. The fourth-order valence-corrected chi connectivity index (χ4v) is 13.4. The van der Waals surface area contributed by atoms with E-state index in [1.54, 1.807) is 0 Å². The van der Waals surface area contributed by atoms with E-state index in [4.69, 9.17) is 15.0 Å². The number of hydrogen-bond acceptors (Lipinski definition) is 4. The van der Waals surface area contributed by atoms with Gasteiger partial charge in [-0.05, 0) is 134 Å². The largest absolute Gasteiger partial charge is 0.319 e. The molecule has 1 heterocycles. The van der Waals surface area contributed by atoms with E-state index in [2.05, 4.69) is 206 Å². The van der Waals surface area contributed by atoms with E-state index in [0.717, 1.165) is 56.2 Å². The fraction of sp³-hybridized carbons (Fsp3) is 0.132. The maximum atomic E-state index is 13.0. The molecule has 2 aliphatic rings. The summed E-state index contributed by atoms with van der Waals surface area (Å²) in [4.78, 5) is 15.7. The van der Waals surface area contributed by atoms with Gasteiger partial charge in [-0.15, -0.1) is 0 Å². The maximum absolute atomic E-state index is 13.0. The molecule has 0 spiro atoms. The van der Waals surface area contributed by atoms with Gasteiger partial charge in [-0.25, -0.2) is 15.0 Å². The highest BCUT2D eigenvalue weighted by molar-refractivity contribution is 7.70. The van der Waals surface area contributed by atoms with Crippen molar-refractivity contribution in [2.75, 3.05) is 13.3 Å². The Balaban J connectivity index is 0.890. The Hall–Kier alpha value is -8.04. The van der Waals surface area contributed by atoms with Gasteiger partial charge in [0, 0.05) is 27.4 Å². The normalized spacial score (nSPS) is 17.3. The minimum absolute atomic E-state index is 0.0910. The second-order valence-electron chi connectivity index (χ2n) is 20.6. The van der Waals surface area contributed by atoms with Crippen molar-refractivity contribution in [2.24, 2.45) is 11.8 Å². The zero-order valence-corrected chi connectivity index (χ0v) is 42.0. The molecule has 73 heavy (non-hydrogen) atoms. The van der Waals surface area contributed by atoms with Crippen LogP contribution in [0.1, 0.15) is 36.8 Å². The van der Waals surface area contributed by atoms with Crippen LogP contribution in [-0.4, -0.2) is 28.3 Å². The Labute approximate surface area is 427 Å². The second-order valence-corrected chi connectivity index (χ2v) is 23.9. The maximum Gasteiger partial charge on any atom is 0.164 e. The van der Waals surface area contributed by atoms with Crippen LogP contribution in [0.5, 0.6) is 0 Å². The summed E-state index contributed by atoms with van der Waals surface area (Å²) in [5.74, 6) is 3.23. The van der Waals surface area contributed by atoms with E-state index >= 15 is 0 Å². The Morgan fingerprint density at radius 1 is 0.384 bits per heavy atom. The minimum Gasteiger partial charge on any atom is -0.319 e. The molecule has 5 heteroatoms. The highest BCUT2D eigenvalue weighted by Crippen LogP contribution is 2.60. The van der Waals surface area contributed by atoms with Crippen LogP contribution in [0.25, 0.3) is 100 Å². The smallest absolute Gasteiger partial charge is 0.164 e. The molecule has 13 rings (SSSR count). The van der Waals surface area contributed by atoms with Gasteiger partial charge in [0.2, 0.25) is 0 Å². The van der Waals surface area contributed by atoms with Crippen LogP contribution in [-0.2, 0) is 9.98 Å². The van der Waals surface area contributed by atoms with E-state index in [1.165, 1.54) is 68.6 Å². The average Bonchev–Trinajstić information content (AvgIpc) is 4.08. The molecule has 0 amide bonds. The van der Waals surface area contributed by atoms with Crippen LogP contribution in [0.4, 0.5) is 0 Å². The van der Waals surface area contributed by atoms with Crippen LogP contribution >= 0.6 is 7.14 Å². The lowest BCUT2D eigenvalue weighted by atomic mass is 9.64. The van der Waals surface area contributed by atoms with Crippen LogP contribution < -0.4 is 5.30 Å². The van der Waals surface area contributed by atoms with Gasteiger partial charge in [0.1, 0.15) is 7.14 Å². The number of aromatic nitrogens is 3. The third-order valence-electron chi connectivity index (χ3n) is 16.0. The van der Waals surface area contributed by atoms with Crippen LogP contribution in [0.2, 0.25) is 0 Å². The predicted molar refractivity (Wildman–Crippen MR) is 305 cm³/mol. The Kier molecular flexibility index (Phi) is 11.2. The lowest BCUT2D eigenvalue weighted by Crippen LogP contribution is -2.34. The lowest BCUT2D eigenvalue weighted by Gasteiger charge is -2.39. The van der Waals surface area contributed by atoms with Gasteiger partial charge in [-0.2, -0.15) is 0 Å². The molecule has 11 aromatic rings. The van der Waals surface area contributed by atoms with Crippen molar-refractivity contribution >= 4 is 34.0 Å². The van der Waals surface area contributed by atoms with Crippen molar-refractivity contribution in [3.05, 3.63) is 242 Å². The molecule has 1 aromatic heterocycles. The van der Waals surface area contributed by atoms with Gasteiger partial charge in [0.25, 0.3) is 0 Å². The number of benzene rings is 10. The molecule has 2 saturated carbocycles. The first-order valence-corrected chi connectivity index (χ1v) is 28.3. The second kappa shape index (κ2) is 18.2. The fourth-order valence-electron chi connectivity index (χ4n) is 12.5. The van der Waals surface area contributed by atoms with E-state index in [0.29, 0.717) is 29.3 Å². The summed E-state index contributed by atoms with van der Waals surface area (Å²) in [6.07, 6.45) is 4.96. The van der Waals surface area contributed by atoms with Crippen LogP contribution in [0.3, 0.4) is 0 Å². The van der Waals surface area contributed by atoms with Crippen LogP contribution in [0.15, 0.2) is 231 Å². The highest BCUT2D eigenvalue weighted by atomic mass is 31.2. The summed E-state index contributed by atoms with van der Waals surface area (Å²) < 4.78 is 13.0. The number of hydrogen-bond donors (Lipinski definition) is 0. The Bertz CT molecular complexity index is 3750. The van der Waals surface area contributed by atoms with E-state index in [9.17, 15) is 4.57 Å². The molecule has 4 nitrogen and oxygen atoms in total. The van der Waals surface area contributed by atoms with Crippen molar-refractivity contribution < 1.29 is 4.57 Å². The molecule has 2 aliphatic carbocycles. The van der Waals surface area contributed by atoms with Crippen molar-refractivity contribution in [3.8, 4) is 78.7 Å². The average molecular weight is 960 g/mol. The molecule has 2 fully saturated rings. The quantitative estimate of drug-likeness (QED) is 0.101. The van der Waals surface area contributed by atoms with E-state index < -0.39 is 7.14 Å². The highest BCUT2D eigenvalue weighted by Gasteiger charge is 2.52. The monoisotopic (exact) mass is 959 g/mol.